The summed E-state index contributed by atoms with van der Waals surface area (Å²) in [6.07, 6.45) is 5.21. The van der Waals surface area contributed by atoms with Crippen LogP contribution in [0.15, 0.2) is 29.8 Å². The van der Waals surface area contributed by atoms with E-state index < -0.39 is 0 Å². The van der Waals surface area contributed by atoms with E-state index in [2.05, 4.69) is 44.0 Å². The number of benzene rings is 1. The van der Waals surface area contributed by atoms with E-state index in [1.807, 2.05) is 12.1 Å². The van der Waals surface area contributed by atoms with Crippen molar-refractivity contribution < 1.29 is 14.3 Å². The normalized spacial score (nSPS) is 15.4. The lowest BCUT2D eigenvalue weighted by Crippen LogP contribution is -2.44. The first-order chi connectivity index (χ1) is 13.4. The Morgan fingerprint density at radius 3 is 2.57 bits per heavy atom. The van der Waals surface area contributed by atoms with Gasteiger partial charge in [-0.05, 0) is 57.2 Å². The molecule has 1 amide bonds. The SMILES string of the molecule is COc1cc(C(=O)NC2CCN(CC=C(C)C)CC2)ccc1OCCC(C)C. The van der Waals surface area contributed by atoms with Crippen molar-refractivity contribution in [2.75, 3.05) is 33.4 Å². The van der Waals surface area contributed by atoms with Gasteiger partial charge in [-0.2, -0.15) is 0 Å². The quantitative estimate of drug-likeness (QED) is 0.642. The molecule has 28 heavy (non-hydrogen) atoms. The molecule has 0 bridgehead atoms. The second kappa shape index (κ2) is 11.1. The minimum atomic E-state index is -0.0465. The zero-order chi connectivity index (χ0) is 20.5. The summed E-state index contributed by atoms with van der Waals surface area (Å²) in [7, 11) is 1.61. The minimum absolute atomic E-state index is 0.0465. The molecule has 0 unspecified atom stereocenters. The second-order valence-electron chi connectivity index (χ2n) is 8.23. The van der Waals surface area contributed by atoms with E-state index in [1.54, 1.807) is 13.2 Å². The van der Waals surface area contributed by atoms with Crippen LogP contribution in [0.25, 0.3) is 0 Å². The first-order valence-corrected chi connectivity index (χ1v) is 10.4. The molecule has 2 rings (SSSR count). The van der Waals surface area contributed by atoms with Crippen molar-refractivity contribution in [2.24, 2.45) is 5.92 Å². The molecule has 5 nitrogen and oxygen atoms in total. The molecular weight excluding hydrogens is 352 g/mol. The summed E-state index contributed by atoms with van der Waals surface area (Å²) >= 11 is 0. The first kappa shape index (κ1) is 22.3. The molecule has 0 aliphatic carbocycles. The van der Waals surface area contributed by atoms with Crippen molar-refractivity contribution in [3.8, 4) is 11.5 Å². The van der Waals surface area contributed by atoms with Crippen molar-refractivity contribution in [1.82, 2.24) is 10.2 Å². The highest BCUT2D eigenvalue weighted by atomic mass is 16.5. The first-order valence-electron chi connectivity index (χ1n) is 10.4. The number of nitrogens with one attached hydrogen (secondary N) is 1. The third-order valence-corrected chi connectivity index (χ3v) is 5.06. The van der Waals surface area contributed by atoms with E-state index >= 15 is 0 Å². The lowest BCUT2D eigenvalue weighted by Gasteiger charge is -2.31. The Morgan fingerprint density at radius 2 is 1.96 bits per heavy atom. The third kappa shape index (κ3) is 7.19. The monoisotopic (exact) mass is 388 g/mol. The Hall–Kier alpha value is -2.01. The fourth-order valence-electron chi connectivity index (χ4n) is 3.17. The Morgan fingerprint density at radius 1 is 1.25 bits per heavy atom. The van der Waals surface area contributed by atoms with Crippen LogP contribution in [0.2, 0.25) is 0 Å². The highest BCUT2D eigenvalue weighted by Gasteiger charge is 2.21. The van der Waals surface area contributed by atoms with E-state index in [0.29, 0.717) is 29.6 Å². The predicted molar refractivity (Wildman–Crippen MR) is 114 cm³/mol. The largest absolute Gasteiger partial charge is 0.493 e. The van der Waals surface area contributed by atoms with Crippen LogP contribution in [0.5, 0.6) is 11.5 Å². The summed E-state index contributed by atoms with van der Waals surface area (Å²) in [5.74, 6) is 1.83. The number of amides is 1. The second-order valence-corrected chi connectivity index (χ2v) is 8.23. The molecule has 1 heterocycles. The van der Waals surface area contributed by atoms with Gasteiger partial charge < -0.3 is 14.8 Å². The van der Waals surface area contributed by atoms with Gasteiger partial charge in [0, 0.05) is 31.2 Å². The summed E-state index contributed by atoms with van der Waals surface area (Å²) < 4.78 is 11.2. The van der Waals surface area contributed by atoms with E-state index in [0.717, 1.165) is 38.9 Å². The molecule has 1 N–H and O–H groups in total. The minimum Gasteiger partial charge on any atom is -0.493 e. The molecule has 1 aromatic carbocycles. The molecule has 156 valence electrons. The van der Waals surface area contributed by atoms with Crippen molar-refractivity contribution in [2.45, 2.75) is 53.0 Å². The summed E-state index contributed by atoms with van der Waals surface area (Å²) in [6.45, 7) is 12.3. The molecular formula is C23H36N2O3. The zero-order valence-corrected chi connectivity index (χ0v) is 18.1. The number of ether oxygens (including phenoxy) is 2. The number of carbonyl (C=O) groups is 1. The Bertz CT molecular complexity index is 658. The maximum Gasteiger partial charge on any atom is 0.251 e. The van der Waals surface area contributed by atoms with Gasteiger partial charge in [-0.25, -0.2) is 0 Å². The number of methoxy groups -OCH3 is 1. The number of nitrogens with zero attached hydrogens (tertiary/aromatic N) is 1. The van der Waals surface area contributed by atoms with Gasteiger partial charge in [-0.3, -0.25) is 9.69 Å². The molecule has 0 atom stereocenters. The van der Waals surface area contributed by atoms with Gasteiger partial charge in [-0.1, -0.05) is 25.5 Å². The Kier molecular flexibility index (Phi) is 8.84. The van der Waals surface area contributed by atoms with E-state index in [4.69, 9.17) is 9.47 Å². The van der Waals surface area contributed by atoms with Crippen LogP contribution in [-0.4, -0.2) is 50.2 Å². The van der Waals surface area contributed by atoms with Crippen molar-refractivity contribution >= 4 is 5.91 Å². The average molecular weight is 389 g/mol. The van der Waals surface area contributed by atoms with E-state index in [-0.39, 0.29) is 11.9 Å². The molecule has 5 heteroatoms. The van der Waals surface area contributed by atoms with Crippen molar-refractivity contribution in [3.05, 3.63) is 35.4 Å². The molecule has 1 aliphatic heterocycles. The zero-order valence-electron chi connectivity index (χ0n) is 18.1. The topological polar surface area (TPSA) is 50.8 Å². The number of allylic oxidation sites excluding steroid dienone is 1. The Labute approximate surface area is 170 Å². The number of carbonyl (C=O) groups excluding carboxylic acids is 1. The van der Waals surface area contributed by atoms with Crippen LogP contribution >= 0.6 is 0 Å². The molecule has 1 fully saturated rings. The fraction of sp³-hybridized carbons (Fsp3) is 0.609. The van der Waals surface area contributed by atoms with Gasteiger partial charge in [0.2, 0.25) is 0 Å². The van der Waals surface area contributed by atoms with Crippen molar-refractivity contribution in [3.63, 3.8) is 0 Å². The number of rotatable bonds is 9. The molecule has 0 spiro atoms. The van der Waals surface area contributed by atoms with Gasteiger partial charge in [0.05, 0.1) is 13.7 Å². The molecule has 1 aromatic rings. The maximum atomic E-state index is 12.7. The molecule has 0 saturated carbocycles. The van der Waals surface area contributed by atoms with Crippen LogP contribution in [-0.2, 0) is 0 Å². The molecule has 1 aliphatic rings. The molecule has 1 saturated heterocycles. The summed E-state index contributed by atoms with van der Waals surface area (Å²) in [5.41, 5.74) is 1.96. The molecule has 0 radical (unpaired) electrons. The van der Waals surface area contributed by atoms with Gasteiger partial charge in [0.1, 0.15) is 0 Å². The van der Waals surface area contributed by atoms with Crippen LogP contribution in [0.3, 0.4) is 0 Å². The average Bonchev–Trinajstić information content (AvgIpc) is 2.67. The van der Waals surface area contributed by atoms with Gasteiger partial charge in [0.15, 0.2) is 11.5 Å². The highest BCUT2D eigenvalue weighted by molar-refractivity contribution is 5.95. The smallest absolute Gasteiger partial charge is 0.251 e. The lowest BCUT2D eigenvalue weighted by molar-refractivity contribution is 0.0913. The molecule has 0 aromatic heterocycles. The van der Waals surface area contributed by atoms with Crippen molar-refractivity contribution in [1.29, 1.82) is 0 Å². The van der Waals surface area contributed by atoms with Crippen LogP contribution in [0, 0.1) is 5.92 Å². The number of piperidine rings is 1. The number of likely N-dealkylation sites (tertiary alicyclic amines) is 1. The van der Waals surface area contributed by atoms with Gasteiger partial charge in [-0.15, -0.1) is 0 Å². The van der Waals surface area contributed by atoms with Crippen LogP contribution < -0.4 is 14.8 Å². The van der Waals surface area contributed by atoms with Gasteiger partial charge in [0.25, 0.3) is 5.91 Å². The lowest BCUT2D eigenvalue weighted by atomic mass is 10.0. The summed E-state index contributed by atoms with van der Waals surface area (Å²) in [4.78, 5) is 15.1. The number of hydrogen-bond donors (Lipinski definition) is 1. The third-order valence-electron chi connectivity index (χ3n) is 5.06. The predicted octanol–water partition coefficient (Wildman–Crippen LogP) is 4.28. The van der Waals surface area contributed by atoms with Crippen LogP contribution in [0.4, 0.5) is 0 Å². The standard InChI is InChI=1S/C23H36N2O3/c1-17(2)8-12-25-13-9-20(10-14-25)24-23(26)19-6-7-21(22(16-19)27-5)28-15-11-18(3)4/h6-8,16,18,20H,9-15H2,1-5H3,(H,24,26). The van der Waals surface area contributed by atoms with E-state index in [9.17, 15) is 4.79 Å². The highest BCUT2D eigenvalue weighted by Crippen LogP contribution is 2.28. The number of hydrogen-bond acceptors (Lipinski definition) is 4. The van der Waals surface area contributed by atoms with Crippen LogP contribution in [0.1, 0.15) is 57.3 Å². The Balaban J connectivity index is 1.87. The van der Waals surface area contributed by atoms with Gasteiger partial charge >= 0.3 is 0 Å². The fourth-order valence-corrected chi connectivity index (χ4v) is 3.17. The van der Waals surface area contributed by atoms with E-state index in [1.165, 1.54) is 5.57 Å². The summed E-state index contributed by atoms with van der Waals surface area (Å²) in [5, 5.41) is 3.17. The summed E-state index contributed by atoms with van der Waals surface area (Å²) in [6, 6.07) is 5.63. The maximum absolute atomic E-state index is 12.7.